The highest BCUT2D eigenvalue weighted by atomic mass is 19.1. The van der Waals surface area contributed by atoms with Crippen LogP contribution >= 0.6 is 0 Å². The molecule has 1 N–H and O–H groups in total. The second-order valence-electron chi connectivity index (χ2n) is 10.9. The number of hydrogen-bond acceptors (Lipinski definition) is 4. The minimum Gasteiger partial charge on any atom is -0.493 e. The molecule has 2 aromatic carbocycles. The number of nitrogens with zero attached hydrogens (tertiary/aromatic N) is 1. The Bertz CT molecular complexity index is 1310. The maximum Gasteiger partial charge on any atom is 0.128 e. The van der Waals surface area contributed by atoms with Crippen molar-refractivity contribution in [2.75, 3.05) is 6.61 Å². The molecular formula is C32H36FNO3. The van der Waals surface area contributed by atoms with Gasteiger partial charge >= 0.3 is 0 Å². The van der Waals surface area contributed by atoms with E-state index in [0.717, 1.165) is 57.8 Å². The molecular weight excluding hydrogens is 465 g/mol. The zero-order chi connectivity index (χ0) is 24.9. The standard InChI is InChI=1S/C31H32FNO3.CH4/c1-31(2)18-22(34)17-23(36-31)13-14-25-28(19-9-11-21(32)12-10-19)26-15-16-35-27-6-4-3-5-24(27)30(26)33-29(25)20-7-8-20;/h3-6,9-14,20,22-23,34H,7-8,15-18H2,1-2H3;1H4/b14-13+;/t22-,23-;/m1./s1. The van der Waals surface area contributed by atoms with Crippen LogP contribution in [0.5, 0.6) is 5.75 Å². The van der Waals surface area contributed by atoms with E-state index in [1.54, 1.807) is 0 Å². The third-order valence-corrected chi connectivity index (χ3v) is 7.39. The Morgan fingerprint density at radius 1 is 1.08 bits per heavy atom. The lowest BCUT2D eigenvalue weighted by atomic mass is 9.87. The van der Waals surface area contributed by atoms with E-state index in [2.05, 4.69) is 18.2 Å². The van der Waals surface area contributed by atoms with Gasteiger partial charge in [-0.25, -0.2) is 4.39 Å². The number of aliphatic hydroxyl groups excluding tert-OH is 1. The van der Waals surface area contributed by atoms with Crippen LogP contribution in [-0.2, 0) is 11.2 Å². The minimum atomic E-state index is -0.387. The van der Waals surface area contributed by atoms with Crippen molar-refractivity contribution in [3.63, 3.8) is 0 Å². The maximum absolute atomic E-state index is 13.9. The van der Waals surface area contributed by atoms with Crippen molar-refractivity contribution in [1.29, 1.82) is 0 Å². The number of fused-ring (bicyclic) bond motifs is 3. The van der Waals surface area contributed by atoms with Crippen LogP contribution in [0.1, 0.15) is 69.7 Å². The van der Waals surface area contributed by atoms with Gasteiger partial charge in [0.2, 0.25) is 0 Å². The highest BCUT2D eigenvalue weighted by Gasteiger charge is 2.34. The molecule has 1 aromatic heterocycles. The predicted octanol–water partition coefficient (Wildman–Crippen LogP) is 7.33. The Kier molecular flexibility index (Phi) is 6.95. The molecule has 2 fully saturated rings. The monoisotopic (exact) mass is 501 g/mol. The molecule has 2 aliphatic heterocycles. The molecule has 0 amide bonds. The fourth-order valence-corrected chi connectivity index (χ4v) is 5.70. The summed E-state index contributed by atoms with van der Waals surface area (Å²) in [6, 6.07) is 14.9. The lowest BCUT2D eigenvalue weighted by Gasteiger charge is -2.37. The van der Waals surface area contributed by atoms with Crippen LogP contribution in [-0.4, -0.2) is 34.5 Å². The Morgan fingerprint density at radius 3 is 2.57 bits per heavy atom. The molecule has 3 aromatic rings. The predicted molar refractivity (Wildman–Crippen MR) is 146 cm³/mol. The first kappa shape index (κ1) is 25.6. The SMILES string of the molecule is C.CC1(C)C[C@H](O)C[C@@H](/C=C/c2c(C3CC3)nc3c(c2-c2ccc(F)cc2)CCOc2ccccc2-3)O1. The maximum atomic E-state index is 13.9. The van der Waals surface area contributed by atoms with Crippen LogP contribution in [0.25, 0.3) is 28.5 Å². The van der Waals surface area contributed by atoms with Gasteiger partial charge < -0.3 is 14.6 Å². The fraction of sp³-hybridized carbons (Fsp3) is 0.406. The van der Waals surface area contributed by atoms with E-state index < -0.39 is 0 Å². The number of halogens is 1. The number of benzene rings is 2. The molecule has 0 spiro atoms. The third-order valence-electron chi connectivity index (χ3n) is 7.39. The van der Waals surface area contributed by atoms with Crippen LogP contribution in [0.15, 0.2) is 54.6 Å². The number of rotatable bonds is 4. The second kappa shape index (κ2) is 10.0. The first-order valence-electron chi connectivity index (χ1n) is 13.0. The summed E-state index contributed by atoms with van der Waals surface area (Å²) in [6.07, 6.45) is 7.78. The van der Waals surface area contributed by atoms with Gasteiger partial charge in [-0.05, 0) is 67.6 Å². The van der Waals surface area contributed by atoms with Crippen molar-refractivity contribution in [3.05, 3.63) is 77.2 Å². The quantitative estimate of drug-likeness (QED) is 0.406. The Hall–Kier alpha value is -3.02. The normalized spacial score (nSPS) is 22.4. The summed E-state index contributed by atoms with van der Waals surface area (Å²) in [7, 11) is 0. The lowest BCUT2D eigenvalue weighted by Crippen LogP contribution is -2.41. The van der Waals surface area contributed by atoms with E-state index in [-0.39, 0.29) is 31.1 Å². The summed E-state index contributed by atoms with van der Waals surface area (Å²) in [6.45, 7) is 4.60. The number of ether oxygens (including phenoxy) is 2. The average Bonchev–Trinajstić information content (AvgIpc) is 3.68. The highest BCUT2D eigenvalue weighted by molar-refractivity contribution is 5.86. The van der Waals surface area contributed by atoms with Crippen LogP contribution in [0, 0.1) is 5.82 Å². The molecule has 1 aliphatic carbocycles. The summed E-state index contributed by atoms with van der Waals surface area (Å²) in [5.41, 5.74) is 6.94. The van der Waals surface area contributed by atoms with Crippen LogP contribution in [0.4, 0.5) is 4.39 Å². The molecule has 1 saturated heterocycles. The van der Waals surface area contributed by atoms with Gasteiger partial charge in [0.25, 0.3) is 0 Å². The van der Waals surface area contributed by atoms with Gasteiger partial charge in [-0.15, -0.1) is 0 Å². The number of aromatic nitrogens is 1. The van der Waals surface area contributed by atoms with E-state index in [1.165, 1.54) is 12.1 Å². The van der Waals surface area contributed by atoms with Crippen molar-refractivity contribution < 1.29 is 19.0 Å². The third kappa shape index (κ3) is 5.21. The fourth-order valence-electron chi connectivity index (χ4n) is 5.70. The van der Waals surface area contributed by atoms with Gasteiger partial charge in [0, 0.05) is 36.3 Å². The lowest BCUT2D eigenvalue weighted by molar-refractivity contribution is -0.125. The Balaban J connectivity index is 0.00000280. The molecule has 0 bridgehead atoms. The van der Waals surface area contributed by atoms with Gasteiger partial charge in [-0.2, -0.15) is 0 Å². The van der Waals surface area contributed by atoms with Gasteiger partial charge in [0.1, 0.15) is 11.6 Å². The van der Waals surface area contributed by atoms with Crippen molar-refractivity contribution in [2.24, 2.45) is 0 Å². The van der Waals surface area contributed by atoms with E-state index in [9.17, 15) is 9.50 Å². The van der Waals surface area contributed by atoms with Gasteiger partial charge in [0.05, 0.1) is 35.8 Å². The molecule has 194 valence electrons. The average molecular weight is 502 g/mol. The second-order valence-corrected chi connectivity index (χ2v) is 10.9. The molecule has 4 nitrogen and oxygen atoms in total. The smallest absolute Gasteiger partial charge is 0.128 e. The summed E-state index contributed by atoms with van der Waals surface area (Å²) >= 11 is 0. The molecule has 0 unspecified atom stereocenters. The van der Waals surface area contributed by atoms with Crippen LogP contribution in [0.3, 0.4) is 0 Å². The minimum absolute atomic E-state index is 0. The summed E-state index contributed by atoms with van der Waals surface area (Å²) in [5.74, 6) is 1.00. The molecule has 3 aliphatic rings. The van der Waals surface area contributed by atoms with Crippen molar-refractivity contribution >= 4 is 6.08 Å². The molecule has 3 heterocycles. The zero-order valence-electron chi connectivity index (χ0n) is 20.8. The number of aliphatic hydroxyl groups is 1. The largest absolute Gasteiger partial charge is 0.493 e. The molecule has 2 atom stereocenters. The first-order valence-corrected chi connectivity index (χ1v) is 13.0. The summed E-state index contributed by atoms with van der Waals surface area (Å²) in [4.78, 5) is 5.29. The van der Waals surface area contributed by atoms with E-state index in [0.29, 0.717) is 31.8 Å². The van der Waals surface area contributed by atoms with E-state index in [1.807, 2.05) is 44.2 Å². The zero-order valence-corrected chi connectivity index (χ0v) is 20.8. The van der Waals surface area contributed by atoms with Gasteiger partial charge in [0.15, 0.2) is 0 Å². The molecule has 5 heteroatoms. The number of para-hydroxylation sites is 1. The highest BCUT2D eigenvalue weighted by Crippen LogP contribution is 2.48. The van der Waals surface area contributed by atoms with Crippen LogP contribution < -0.4 is 4.74 Å². The molecule has 0 radical (unpaired) electrons. The van der Waals surface area contributed by atoms with Crippen molar-refractivity contribution in [2.45, 2.75) is 77.1 Å². The molecule has 37 heavy (non-hydrogen) atoms. The van der Waals surface area contributed by atoms with Gasteiger partial charge in [-0.1, -0.05) is 43.8 Å². The Morgan fingerprint density at radius 2 is 1.84 bits per heavy atom. The van der Waals surface area contributed by atoms with E-state index in [4.69, 9.17) is 14.5 Å². The Labute approximate surface area is 219 Å². The van der Waals surface area contributed by atoms with Crippen molar-refractivity contribution in [1.82, 2.24) is 4.98 Å². The number of pyridine rings is 1. The first-order chi connectivity index (χ1) is 17.4. The summed E-state index contributed by atoms with van der Waals surface area (Å²) < 4.78 is 26.3. The molecule has 6 rings (SSSR count). The van der Waals surface area contributed by atoms with Crippen molar-refractivity contribution in [3.8, 4) is 28.1 Å². The summed E-state index contributed by atoms with van der Waals surface area (Å²) in [5, 5.41) is 10.4. The van der Waals surface area contributed by atoms with Crippen LogP contribution in [0.2, 0.25) is 0 Å². The van der Waals surface area contributed by atoms with E-state index >= 15 is 0 Å². The topological polar surface area (TPSA) is 51.6 Å². The van der Waals surface area contributed by atoms with Gasteiger partial charge in [-0.3, -0.25) is 4.98 Å². The molecule has 1 saturated carbocycles. The number of hydrogen-bond donors (Lipinski definition) is 1.